The van der Waals surface area contributed by atoms with E-state index >= 15 is 0 Å². The van der Waals surface area contributed by atoms with Crippen LogP contribution in [-0.4, -0.2) is 39.5 Å². The van der Waals surface area contributed by atoms with Gasteiger partial charge in [0, 0.05) is 25.9 Å². The predicted octanol–water partition coefficient (Wildman–Crippen LogP) is 1.20. The van der Waals surface area contributed by atoms with Crippen LogP contribution in [0.1, 0.15) is 6.92 Å². The normalized spacial score (nSPS) is 13.8. The van der Waals surface area contributed by atoms with Crippen molar-refractivity contribution in [3.05, 3.63) is 23.8 Å². The molecule has 0 aromatic heterocycles. The molecule has 0 radical (unpaired) electrons. The molecule has 0 spiro atoms. The Morgan fingerprint density at radius 2 is 2.00 bits per heavy atom. The molecule has 8 heteroatoms. The summed E-state index contributed by atoms with van der Waals surface area (Å²) in [4.78, 5) is -0.782. The van der Waals surface area contributed by atoms with E-state index in [0.29, 0.717) is 0 Å². The van der Waals surface area contributed by atoms with Crippen LogP contribution < -0.4 is 5.73 Å². The van der Waals surface area contributed by atoms with Crippen molar-refractivity contribution in [1.29, 1.82) is 0 Å². The van der Waals surface area contributed by atoms with Gasteiger partial charge in [-0.2, -0.15) is 4.31 Å². The van der Waals surface area contributed by atoms with Crippen molar-refractivity contribution in [2.45, 2.75) is 17.9 Å². The molecule has 0 aliphatic rings. The van der Waals surface area contributed by atoms with Gasteiger partial charge in [-0.3, -0.25) is 0 Å². The highest BCUT2D eigenvalue weighted by Gasteiger charge is 2.30. The largest absolute Gasteiger partial charge is 0.399 e. The van der Waals surface area contributed by atoms with E-state index < -0.39 is 32.6 Å². The summed E-state index contributed by atoms with van der Waals surface area (Å²) in [7, 11) is -1.50. The Kier molecular flexibility index (Phi) is 4.83. The molecule has 1 aromatic rings. The molecule has 1 aromatic carbocycles. The van der Waals surface area contributed by atoms with Gasteiger partial charge in [0.05, 0.1) is 6.61 Å². The Hall–Kier alpha value is -1.25. The van der Waals surface area contributed by atoms with Gasteiger partial charge >= 0.3 is 0 Å². The number of likely N-dealkylation sites (N-methyl/N-ethyl adjacent to an activating group) is 1. The number of sulfonamides is 1. The second kappa shape index (κ2) is 5.81. The van der Waals surface area contributed by atoms with Crippen molar-refractivity contribution in [3.63, 3.8) is 0 Å². The number of nitrogen functional groups attached to an aromatic ring is 1. The number of hydrogen-bond acceptors (Lipinski definition) is 4. The third-order valence-electron chi connectivity index (χ3n) is 2.70. The number of benzene rings is 1. The monoisotopic (exact) mass is 294 g/mol. The highest BCUT2D eigenvalue weighted by atomic mass is 32.2. The molecule has 0 saturated carbocycles. The maximum absolute atomic E-state index is 13.6. The number of hydrogen-bond donors (Lipinski definition) is 1. The van der Waals surface area contributed by atoms with Crippen LogP contribution in [0.25, 0.3) is 0 Å². The molecule has 0 amide bonds. The van der Waals surface area contributed by atoms with Crippen LogP contribution in [0.4, 0.5) is 14.5 Å². The quantitative estimate of drug-likeness (QED) is 0.828. The summed E-state index contributed by atoms with van der Waals surface area (Å²) in [6.07, 6.45) is 0. The molecule has 5 nitrogen and oxygen atoms in total. The molecule has 0 fully saturated rings. The second-order valence-corrected chi connectivity index (χ2v) is 6.11. The lowest BCUT2D eigenvalue weighted by atomic mass is 10.3. The third kappa shape index (κ3) is 3.20. The van der Waals surface area contributed by atoms with Crippen LogP contribution in [-0.2, 0) is 14.8 Å². The number of anilines is 1. The molecule has 0 aliphatic carbocycles. The molecular weight excluding hydrogens is 278 g/mol. The molecule has 0 bridgehead atoms. The lowest BCUT2D eigenvalue weighted by Crippen LogP contribution is -2.38. The fourth-order valence-corrected chi connectivity index (χ4v) is 2.96. The number of halogens is 2. The minimum atomic E-state index is -4.18. The van der Waals surface area contributed by atoms with Gasteiger partial charge in [0.15, 0.2) is 11.6 Å². The molecule has 1 atom stereocenters. The summed E-state index contributed by atoms with van der Waals surface area (Å²) in [6, 6.07) is 1.09. The second-order valence-electron chi connectivity index (χ2n) is 4.14. The Labute approximate surface area is 111 Å². The smallest absolute Gasteiger partial charge is 0.246 e. The summed E-state index contributed by atoms with van der Waals surface area (Å²) in [5.41, 5.74) is 5.18. The average Bonchev–Trinajstić information content (AvgIpc) is 2.32. The maximum atomic E-state index is 13.6. The van der Waals surface area contributed by atoms with Crippen LogP contribution in [0.2, 0.25) is 0 Å². The summed E-state index contributed by atoms with van der Waals surface area (Å²) >= 11 is 0. The van der Waals surface area contributed by atoms with Gasteiger partial charge in [-0.1, -0.05) is 0 Å². The zero-order valence-corrected chi connectivity index (χ0v) is 11.7. The van der Waals surface area contributed by atoms with E-state index in [0.717, 1.165) is 16.4 Å². The van der Waals surface area contributed by atoms with Gasteiger partial charge < -0.3 is 10.5 Å². The van der Waals surface area contributed by atoms with Crippen LogP contribution in [0, 0.1) is 11.6 Å². The predicted molar refractivity (Wildman–Crippen MR) is 67.1 cm³/mol. The molecule has 0 saturated heterocycles. The summed E-state index contributed by atoms with van der Waals surface area (Å²) in [5.74, 6) is -2.74. The minimum Gasteiger partial charge on any atom is -0.399 e. The van der Waals surface area contributed by atoms with E-state index in [4.69, 9.17) is 10.5 Å². The number of ether oxygens (including phenoxy) is 1. The molecule has 0 aliphatic heterocycles. The lowest BCUT2D eigenvalue weighted by Gasteiger charge is -2.24. The van der Waals surface area contributed by atoms with Gasteiger partial charge in [-0.05, 0) is 19.1 Å². The first kappa shape index (κ1) is 15.8. The summed E-state index contributed by atoms with van der Waals surface area (Å²) in [6.45, 7) is 1.71. The zero-order chi connectivity index (χ0) is 14.8. The van der Waals surface area contributed by atoms with E-state index in [1.54, 1.807) is 6.92 Å². The van der Waals surface area contributed by atoms with Crippen LogP contribution in [0.3, 0.4) is 0 Å². The minimum absolute atomic E-state index is 0.127. The van der Waals surface area contributed by atoms with Crippen molar-refractivity contribution < 1.29 is 21.9 Å². The maximum Gasteiger partial charge on any atom is 0.246 e. The van der Waals surface area contributed by atoms with E-state index in [-0.39, 0.29) is 12.3 Å². The van der Waals surface area contributed by atoms with Crippen LogP contribution >= 0.6 is 0 Å². The highest BCUT2D eigenvalue weighted by Crippen LogP contribution is 2.24. The SMILES string of the molecule is COCC(C)N(C)S(=O)(=O)c1cc(N)cc(F)c1F. The van der Waals surface area contributed by atoms with Crippen molar-refractivity contribution in [1.82, 2.24) is 4.31 Å². The molecule has 1 unspecified atom stereocenters. The van der Waals surface area contributed by atoms with Crippen molar-refractivity contribution in [2.75, 3.05) is 26.5 Å². The number of methoxy groups -OCH3 is 1. The Morgan fingerprint density at radius 3 is 2.53 bits per heavy atom. The van der Waals surface area contributed by atoms with E-state index in [1.165, 1.54) is 14.2 Å². The molecule has 1 rings (SSSR count). The molecular formula is C11H16F2N2O3S. The van der Waals surface area contributed by atoms with Crippen LogP contribution in [0.15, 0.2) is 17.0 Å². The first-order valence-corrected chi connectivity index (χ1v) is 6.87. The van der Waals surface area contributed by atoms with Crippen molar-refractivity contribution >= 4 is 15.7 Å². The Balaban J connectivity index is 3.28. The standard InChI is InChI=1S/C11H16F2N2O3S/c1-7(6-18-3)15(2)19(16,17)10-5-8(14)4-9(12)11(10)13/h4-5,7H,6,14H2,1-3H3. The molecule has 108 valence electrons. The zero-order valence-electron chi connectivity index (χ0n) is 10.9. The molecule has 2 N–H and O–H groups in total. The van der Waals surface area contributed by atoms with E-state index in [1.807, 2.05) is 0 Å². The fourth-order valence-electron chi connectivity index (χ4n) is 1.51. The fraction of sp³-hybridized carbons (Fsp3) is 0.455. The number of nitrogens with two attached hydrogens (primary N) is 1. The summed E-state index contributed by atoms with van der Waals surface area (Å²) in [5, 5.41) is 0. The van der Waals surface area contributed by atoms with Crippen molar-refractivity contribution in [2.24, 2.45) is 0 Å². The third-order valence-corrected chi connectivity index (χ3v) is 4.67. The number of nitrogens with zero attached hydrogens (tertiary/aromatic N) is 1. The van der Waals surface area contributed by atoms with Gasteiger partial charge in [-0.25, -0.2) is 17.2 Å². The van der Waals surface area contributed by atoms with Gasteiger partial charge in [-0.15, -0.1) is 0 Å². The lowest BCUT2D eigenvalue weighted by molar-refractivity contribution is 0.149. The Morgan fingerprint density at radius 1 is 1.42 bits per heavy atom. The molecule has 0 heterocycles. The van der Waals surface area contributed by atoms with Gasteiger partial charge in [0.2, 0.25) is 10.0 Å². The Bertz CT molecular complexity index is 563. The average molecular weight is 294 g/mol. The van der Waals surface area contributed by atoms with E-state index in [2.05, 4.69) is 0 Å². The van der Waals surface area contributed by atoms with Gasteiger partial charge in [0.25, 0.3) is 0 Å². The number of rotatable bonds is 5. The summed E-state index contributed by atoms with van der Waals surface area (Å²) < 4.78 is 56.9. The van der Waals surface area contributed by atoms with E-state index in [9.17, 15) is 17.2 Å². The van der Waals surface area contributed by atoms with Crippen LogP contribution in [0.5, 0.6) is 0 Å². The first-order chi connectivity index (χ1) is 8.71. The highest BCUT2D eigenvalue weighted by molar-refractivity contribution is 7.89. The molecule has 19 heavy (non-hydrogen) atoms. The van der Waals surface area contributed by atoms with Crippen molar-refractivity contribution in [3.8, 4) is 0 Å². The topological polar surface area (TPSA) is 72.6 Å². The first-order valence-electron chi connectivity index (χ1n) is 5.43. The van der Waals surface area contributed by atoms with Gasteiger partial charge in [0.1, 0.15) is 4.90 Å².